The summed E-state index contributed by atoms with van der Waals surface area (Å²) < 4.78 is 0. The van der Waals surface area contributed by atoms with Gasteiger partial charge in [-0.1, -0.05) is 26.7 Å². The summed E-state index contributed by atoms with van der Waals surface area (Å²) in [7, 11) is 0. The maximum atomic E-state index is 2.71. The van der Waals surface area contributed by atoms with Gasteiger partial charge in [0.05, 0.1) is 0 Å². The fourth-order valence-corrected chi connectivity index (χ4v) is 3.16. The van der Waals surface area contributed by atoms with Crippen LogP contribution in [0.3, 0.4) is 0 Å². The molecule has 2 heteroatoms. The van der Waals surface area contributed by atoms with Gasteiger partial charge in [-0.25, -0.2) is 0 Å². The van der Waals surface area contributed by atoms with Crippen LogP contribution in [0.15, 0.2) is 0 Å². The zero-order valence-corrected chi connectivity index (χ0v) is 13.8. The van der Waals surface area contributed by atoms with Gasteiger partial charge < -0.3 is 9.80 Å². The molecule has 2 fully saturated rings. The molecule has 0 saturated carbocycles. The molecule has 19 heavy (non-hydrogen) atoms. The van der Waals surface area contributed by atoms with Crippen molar-refractivity contribution in [3.8, 4) is 0 Å². The second-order valence-electron chi connectivity index (χ2n) is 6.64. The Balaban J connectivity index is 0.000000550. The van der Waals surface area contributed by atoms with Gasteiger partial charge in [0.2, 0.25) is 0 Å². The van der Waals surface area contributed by atoms with Crippen LogP contribution in [0.1, 0.15) is 66.2 Å². The summed E-state index contributed by atoms with van der Waals surface area (Å²) >= 11 is 0. The van der Waals surface area contributed by atoms with Crippen molar-refractivity contribution in [1.82, 2.24) is 9.80 Å². The molecule has 2 rings (SSSR count). The first-order valence-corrected chi connectivity index (χ1v) is 8.63. The summed E-state index contributed by atoms with van der Waals surface area (Å²) in [6.07, 6.45) is 8.43. The number of nitrogens with zero attached hydrogens (tertiary/aromatic N) is 2. The predicted molar refractivity (Wildman–Crippen MR) is 85.7 cm³/mol. The predicted octanol–water partition coefficient (Wildman–Crippen LogP) is 4.01. The molecule has 0 radical (unpaired) electrons. The quantitative estimate of drug-likeness (QED) is 0.763. The van der Waals surface area contributed by atoms with Gasteiger partial charge in [-0.3, -0.25) is 0 Å². The lowest BCUT2D eigenvalue weighted by molar-refractivity contribution is 0.114. The summed E-state index contributed by atoms with van der Waals surface area (Å²) in [5.74, 6) is 0.980. The molecule has 0 spiro atoms. The van der Waals surface area contributed by atoms with Gasteiger partial charge in [0.25, 0.3) is 0 Å². The fourth-order valence-electron chi connectivity index (χ4n) is 3.16. The lowest BCUT2D eigenvalue weighted by Crippen LogP contribution is -2.42. The van der Waals surface area contributed by atoms with Crippen LogP contribution in [-0.2, 0) is 0 Å². The highest BCUT2D eigenvalue weighted by atomic mass is 15.2. The normalized spacial score (nSPS) is 23.2. The van der Waals surface area contributed by atoms with Crippen LogP contribution in [-0.4, -0.2) is 48.6 Å². The molecule has 0 aromatic carbocycles. The molecule has 0 atom stereocenters. The monoisotopic (exact) mass is 268 g/mol. The van der Waals surface area contributed by atoms with Gasteiger partial charge in [-0.05, 0) is 71.6 Å². The lowest BCUT2D eigenvalue weighted by Gasteiger charge is -2.37. The summed E-state index contributed by atoms with van der Waals surface area (Å²) in [6, 6.07) is 0.746. The molecule has 2 heterocycles. The highest BCUT2D eigenvalue weighted by Crippen LogP contribution is 2.21. The molecule has 0 N–H and O–H groups in total. The Kier molecular flexibility index (Phi) is 8.72. The Hall–Kier alpha value is -0.0800. The third-order valence-corrected chi connectivity index (χ3v) is 4.34. The zero-order valence-electron chi connectivity index (χ0n) is 13.8. The summed E-state index contributed by atoms with van der Waals surface area (Å²) in [6.45, 7) is 15.7. The van der Waals surface area contributed by atoms with Crippen LogP contribution < -0.4 is 0 Å². The van der Waals surface area contributed by atoms with Gasteiger partial charge in [0.1, 0.15) is 0 Å². The van der Waals surface area contributed by atoms with Crippen LogP contribution in [0.5, 0.6) is 0 Å². The minimum atomic E-state index is 0.746. The summed E-state index contributed by atoms with van der Waals surface area (Å²) in [5.41, 5.74) is 0. The molecule has 0 aromatic rings. The van der Waals surface area contributed by atoms with Crippen molar-refractivity contribution >= 4 is 0 Å². The van der Waals surface area contributed by atoms with E-state index in [9.17, 15) is 0 Å². The van der Waals surface area contributed by atoms with Gasteiger partial charge in [0, 0.05) is 12.6 Å². The molecular weight excluding hydrogens is 232 g/mol. The molecule has 2 aliphatic rings. The van der Waals surface area contributed by atoms with E-state index in [1.807, 2.05) is 0 Å². The molecule has 2 nitrogen and oxygen atoms in total. The minimum Gasteiger partial charge on any atom is -0.303 e. The maximum absolute atomic E-state index is 2.71. The molecule has 2 saturated heterocycles. The first kappa shape index (κ1) is 17.0. The Bertz CT molecular complexity index is 201. The topological polar surface area (TPSA) is 6.48 Å². The largest absolute Gasteiger partial charge is 0.303 e. The molecular formula is C17H36N2. The van der Waals surface area contributed by atoms with Crippen LogP contribution in [0.2, 0.25) is 0 Å². The van der Waals surface area contributed by atoms with Crippen molar-refractivity contribution in [1.29, 1.82) is 0 Å². The first-order chi connectivity index (χ1) is 9.17. The van der Waals surface area contributed by atoms with Gasteiger partial charge in [0.15, 0.2) is 0 Å². The van der Waals surface area contributed by atoms with Crippen molar-refractivity contribution in [3.63, 3.8) is 0 Å². The van der Waals surface area contributed by atoms with E-state index in [4.69, 9.17) is 0 Å². The molecule has 114 valence electrons. The van der Waals surface area contributed by atoms with E-state index in [2.05, 4.69) is 37.5 Å². The molecule has 0 amide bonds. The zero-order chi connectivity index (χ0) is 14.1. The van der Waals surface area contributed by atoms with Gasteiger partial charge in [-0.15, -0.1) is 0 Å². The SMILES string of the molecule is CC(C)N1CCC(CN2CCCCC2)CC1.CCC. The van der Waals surface area contributed by atoms with Crippen LogP contribution in [0.25, 0.3) is 0 Å². The van der Waals surface area contributed by atoms with Crippen molar-refractivity contribution in [2.24, 2.45) is 5.92 Å². The summed E-state index contributed by atoms with van der Waals surface area (Å²) in [5, 5.41) is 0. The third kappa shape index (κ3) is 6.76. The average Bonchev–Trinajstić information content (AvgIpc) is 2.41. The highest BCUT2D eigenvalue weighted by molar-refractivity contribution is 4.77. The Labute approximate surface area is 121 Å². The molecule has 0 aliphatic carbocycles. The van der Waals surface area contributed by atoms with Crippen LogP contribution >= 0.6 is 0 Å². The lowest BCUT2D eigenvalue weighted by atomic mass is 9.94. The Morgan fingerprint density at radius 3 is 1.89 bits per heavy atom. The Morgan fingerprint density at radius 1 is 0.895 bits per heavy atom. The van der Waals surface area contributed by atoms with Crippen molar-refractivity contribution < 1.29 is 0 Å². The van der Waals surface area contributed by atoms with Gasteiger partial charge in [-0.2, -0.15) is 0 Å². The molecule has 2 aliphatic heterocycles. The van der Waals surface area contributed by atoms with E-state index in [-0.39, 0.29) is 0 Å². The van der Waals surface area contributed by atoms with Crippen molar-refractivity contribution in [2.75, 3.05) is 32.7 Å². The number of hydrogen-bond acceptors (Lipinski definition) is 2. The minimum absolute atomic E-state index is 0.746. The Morgan fingerprint density at radius 2 is 1.42 bits per heavy atom. The molecule has 0 aromatic heterocycles. The van der Waals surface area contributed by atoms with E-state index in [1.165, 1.54) is 71.2 Å². The smallest absolute Gasteiger partial charge is 0.00385 e. The standard InChI is InChI=1S/C14H28N2.C3H8/c1-13(2)16-10-6-14(7-11-16)12-15-8-4-3-5-9-15;1-3-2/h13-14H,3-12H2,1-2H3;3H2,1-2H3. The van der Waals surface area contributed by atoms with E-state index in [0.29, 0.717) is 0 Å². The second-order valence-corrected chi connectivity index (χ2v) is 6.64. The van der Waals surface area contributed by atoms with Gasteiger partial charge >= 0.3 is 0 Å². The van der Waals surface area contributed by atoms with E-state index >= 15 is 0 Å². The number of piperidine rings is 2. The average molecular weight is 268 g/mol. The van der Waals surface area contributed by atoms with E-state index in [0.717, 1.165) is 12.0 Å². The highest BCUT2D eigenvalue weighted by Gasteiger charge is 2.23. The maximum Gasteiger partial charge on any atom is 0.00385 e. The van der Waals surface area contributed by atoms with E-state index < -0.39 is 0 Å². The second kappa shape index (κ2) is 9.77. The number of hydrogen-bond donors (Lipinski definition) is 0. The third-order valence-electron chi connectivity index (χ3n) is 4.34. The van der Waals surface area contributed by atoms with E-state index in [1.54, 1.807) is 0 Å². The first-order valence-electron chi connectivity index (χ1n) is 8.63. The molecule has 0 bridgehead atoms. The van der Waals surface area contributed by atoms with Crippen LogP contribution in [0.4, 0.5) is 0 Å². The number of likely N-dealkylation sites (tertiary alicyclic amines) is 2. The molecule has 0 unspecified atom stereocenters. The number of rotatable bonds is 3. The van der Waals surface area contributed by atoms with Crippen molar-refractivity contribution in [2.45, 2.75) is 72.3 Å². The van der Waals surface area contributed by atoms with Crippen molar-refractivity contribution in [3.05, 3.63) is 0 Å². The summed E-state index contributed by atoms with van der Waals surface area (Å²) in [4.78, 5) is 5.34. The fraction of sp³-hybridized carbons (Fsp3) is 1.00. The van der Waals surface area contributed by atoms with Crippen LogP contribution in [0, 0.1) is 5.92 Å².